The molecule has 2 aromatic rings. The number of benzene rings is 2. The van der Waals surface area contributed by atoms with E-state index in [1.807, 2.05) is 60.7 Å². The molecular weight excluding hydrogens is 276 g/mol. The van der Waals surface area contributed by atoms with Crippen LogP contribution in [-0.4, -0.2) is 18.1 Å². The van der Waals surface area contributed by atoms with Gasteiger partial charge >= 0.3 is 0 Å². The number of hydrogen-bond acceptors (Lipinski definition) is 3. The lowest BCUT2D eigenvalue weighted by atomic mass is 10.0. The third-order valence-corrected chi connectivity index (χ3v) is 3.14. The Kier molecular flexibility index (Phi) is 5.16. The maximum atomic E-state index is 12.1. The van der Waals surface area contributed by atoms with Gasteiger partial charge in [-0.05, 0) is 24.6 Å². The van der Waals surface area contributed by atoms with E-state index in [9.17, 15) is 10.1 Å². The number of para-hydroxylation sites is 1. The lowest BCUT2D eigenvalue weighted by Gasteiger charge is -2.23. The fourth-order valence-electron chi connectivity index (χ4n) is 1.97. The van der Waals surface area contributed by atoms with Gasteiger partial charge in [-0.15, -0.1) is 0 Å². The van der Waals surface area contributed by atoms with Gasteiger partial charge in [-0.25, -0.2) is 0 Å². The lowest BCUT2D eigenvalue weighted by molar-refractivity contribution is -0.121. The molecule has 0 spiro atoms. The Morgan fingerprint density at radius 1 is 1.14 bits per heavy atom. The minimum Gasteiger partial charge on any atom is -0.490 e. The SMILES string of the molecule is CC(C#N)(COc1ccccc1)NC(=O)Cc1ccccc1. The molecule has 0 aliphatic rings. The molecule has 0 aliphatic heterocycles. The number of carbonyl (C=O) groups excluding carboxylic acids is 1. The highest BCUT2D eigenvalue weighted by Crippen LogP contribution is 2.12. The van der Waals surface area contributed by atoms with Crippen molar-refractivity contribution in [1.29, 1.82) is 5.26 Å². The summed E-state index contributed by atoms with van der Waals surface area (Å²) in [6, 6.07) is 20.7. The molecule has 22 heavy (non-hydrogen) atoms. The Balaban J connectivity index is 1.92. The van der Waals surface area contributed by atoms with Crippen molar-refractivity contribution in [3.8, 4) is 11.8 Å². The minimum atomic E-state index is -1.07. The van der Waals surface area contributed by atoms with Crippen molar-refractivity contribution in [2.75, 3.05) is 6.61 Å². The van der Waals surface area contributed by atoms with Gasteiger partial charge in [0.05, 0.1) is 12.5 Å². The number of nitrogens with zero attached hydrogens (tertiary/aromatic N) is 1. The Labute approximate surface area is 130 Å². The molecule has 1 N–H and O–H groups in total. The van der Waals surface area contributed by atoms with Crippen LogP contribution >= 0.6 is 0 Å². The molecule has 0 aliphatic carbocycles. The van der Waals surface area contributed by atoms with E-state index in [0.717, 1.165) is 5.56 Å². The largest absolute Gasteiger partial charge is 0.490 e. The Bertz CT molecular complexity index is 650. The normalized spacial score (nSPS) is 12.7. The van der Waals surface area contributed by atoms with Crippen LogP contribution in [-0.2, 0) is 11.2 Å². The van der Waals surface area contributed by atoms with Gasteiger partial charge in [-0.2, -0.15) is 5.26 Å². The van der Waals surface area contributed by atoms with Crippen molar-refractivity contribution in [2.45, 2.75) is 18.9 Å². The molecule has 1 atom stereocenters. The van der Waals surface area contributed by atoms with Crippen LogP contribution in [0.3, 0.4) is 0 Å². The molecule has 0 heterocycles. The van der Waals surface area contributed by atoms with Crippen LogP contribution in [0.1, 0.15) is 12.5 Å². The summed E-state index contributed by atoms with van der Waals surface area (Å²) in [5.74, 6) is 0.466. The summed E-state index contributed by atoms with van der Waals surface area (Å²) in [6.07, 6.45) is 0.240. The molecular formula is C18H18N2O2. The van der Waals surface area contributed by atoms with Crippen molar-refractivity contribution in [2.24, 2.45) is 0 Å². The lowest BCUT2D eigenvalue weighted by Crippen LogP contribution is -2.49. The average molecular weight is 294 g/mol. The van der Waals surface area contributed by atoms with E-state index in [0.29, 0.717) is 5.75 Å². The smallest absolute Gasteiger partial charge is 0.225 e. The maximum Gasteiger partial charge on any atom is 0.225 e. The van der Waals surface area contributed by atoms with Crippen LogP contribution in [0.5, 0.6) is 5.75 Å². The third-order valence-electron chi connectivity index (χ3n) is 3.14. The minimum absolute atomic E-state index is 0.0913. The van der Waals surface area contributed by atoms with E-state index in [4.69, 9.17) is 4.74 Å². The first kappa shape index (κ1) is 15.6. The zero-order chi connectivity index (χ0) is 15.8. The number of hydrogen-bond donors (Lipinski definition) is 1. The van der Waals surface area contributed by atoms with Crippen molar-refractivity contribution >= 4 is 5.91 Å². The summed E-state index contributed by atoms with van der Waals surface area (Å²) in [6.45, 7) is 1.74. The predicted molar refractivity (Wildman–Crippen MR) is 84.2 cm³/mol. The molecule has 1 amide bonds. The second kappa shape index (κ2) is 7.28. The highest BCUT2D eigenvalue weighted by Gasteiger charge is 2.27. The standard InChI is InChI=1S/C18H18N2O2/c1-18(13-19,14-22-16-10-6-3-7-11-16)20-17(21)12-15-8-4-2-5-9-15/h2-11H,12,14H2,1H3,(H,20,21). The van der Waals surface area contributed by atoms with Crippen LogP contribution < -0.4 is 10.1 Å². The highest BCUT2D eigenvalue weighted by molar-refractivity contribution is 5.79. The molecule has 0 fully saturated rings. The van der Waals surface area contributed by atoms with Crippen LogP contribution in [0.15, 0.2) is 60.7 Å². The number of nitriles is 1. The van der Waals surface area contributed by atoms with Gasteiger partial charge in [-0.3, -0.25) is 4.79 Å². The van der Waals surface area contributed by atoms with Gasteiger partial charge < -0.3 is 10.1 Å². The predicted octanol–water partition coefficient (Wildman–Crippen LogP) is 2.71. The van der Waals surface area contributed by atoms with Crippen LogP contribution in [0.25, 0.3) is 0 Å². The summed E-state index contributed by atoms with van der Waals surface area (Å²) in [4.78, 5) is 12.1. The first-order chi connectivity index (χ1) is 10.6. The topological polar surface area (TPSA) is 62.1 Å². The quantitative estimate of drug-likeness (QED) is 0.891. The van der Waals surface area contributed by atoms with E-state index >= 15 is 0 Å². The summed E-state index contributed by atoms with van der Waals surface area (Å²) in [5, 5.41) is 12.1. The number of rotatable bonds is 6. The molecule has 4 heteroatoms. The summed E-state index contributed by atoms with van der Waals surface area (Å²) >= 11 is 0. The van der Waals surface area contributed by atoms with E-state index in [2.05, 4.69) is 11.4 Å². The molecule has 0 bridgehead atoms. The number of carbonyl (C=O) groups is 1. The molecule has 0 saturated heterocycles. The van der Waals surface area contributed by atoms with Gasteiger partial charge in [0.25, 0.3) is 0 Å². The van der Waals surface area contributed by atoms with Gasteiger partial charge in [0.1, 0.15) is 12.4 Å². The number of amides is 1. The van der Waals surface area contributed by atoms with Crippen LogP contribution in [0.4, 0.5) is 0 Å². The molecule has 0 radical (unpaired) electrons. The molecule has 2 rings (SSSR count). The zero-order valence-electron chi connectivity index (χ0n) is 12.5. The zero-order valence-corrected chi connectivity index (χ0v) is 12.5. The molecule has 112 valence electrons. The van der Waals surface area contributed by atoms with Crippen LogP contribution in [0.2, 0.25) is 0 Å². The fraction of sp³-hybridized carbons (Fsp3) is 0.222. The summed E-state index contributed by atoms with van der Waals surface area (Å²) < 4.78 is 5.58. The molecule has 2 aromatic carbocycles. The highest BCUT2D eigenvalue weighted by atomic mass is 16.5. The fourth-order valence-corrected chi connectivity index (χ4v) is 1.97. The van der Waals surface area contributed by atoms with E-state index in [-0.39, 0.29) is 18.9 Å². The van der Waals surface area contributed by atoms with E-state index in [1.165, 1.54) is 0 Å². The van der Waals surface area contributed by atoms with E-state index < -0.39 is 5.54 Å². The van der Waals surface area contributed by atoms with Gasteiger partial charge in [0.15, 0.2) is 5.54 Å². The molecule has 4 nitrogen and oxygen atoms in total. The Morgan fingerprint density at radius 2 is 1.73 bits per heavy atom. The van der Waals surface area contributed by atoms with Crippen molar-refractivity contribution in [3.63, 3.8) is 0 Å². The van der Waals surface area contributed by atoms with Gasteiger partial charge in [0.2, 0.25) is 5.91 Å². The van der Waals surface area contributed by atoms with Crippen molar-refractivity contribution in [3.05, 3.63) is 66.2 Å². The second-order valence-electron chi connectivity index (χ2n) is 5.26. The van der Waals surface area contributed by atoms with E-state index in [1.54, 1.807) is 6.92 Å². The van der Waals surface area contributed by atoms with Crippen LogP contribution in [0, 0.1) is 11.3 Å². The molecule has 1 unspecified atom stereocenters. The number of ether oxygens (including phenoxy) is 1. The summed E-state index contributed by atoms with van der Waals surface area (Å²) in [5.41, 5.74) is -0.161. The summed E-state index contributed by atoms with van der Waals surface area (Å²) in [7, 11) is 0. The monoisotopic (exact) mass is 294 g/mol. The number of nitrogens with one attached hydrogen (secondary N) is 1. The molecule has 0 saturated carbocycles. The Morgan fingerprint density at radius 3 is 2.32 bits per heavy atom. The molecule has 0 aromatic heterocycles. The maximum absolute atomic E-state index is 12.1. The van der Waals surface area contributed by atoms with Gasteiger partial charge in [-0.1, -0.05) is 48.5 Å². The van der Waals surface area contributed by atoms with Crippen molar-refractivity contribution < 1.29 is 9.53 Å². The third kappa shape index (κ3) is 4.64. The first-order valence-electron chi connectivity index (χ1n) is 7.05. The average Bonchev–Trinajstić information content (AvgIpc) is 2.55. The van der Waals surface area contributed by atoms with Crippen molar-refractivity contribution in [1.82, 2.24) is 5.32 Å². The van der Waals surface area contributed by atoms with Gasteiger partial charge in [0, 0.05) is 0 Å². The second-order valence-corrected chi connectivity index (χ2v) is 5.26. The first-order valence-corrected chi connectivity index (χ1v) is 7.05. The Hall–Kier alpha value is -2.80.